The number of nitrogens with one attached hydrogen (secondary N) is 1. The standard InChI is InChI=1S/C22H25F2N5O/c23-9-1-11-29-15-27-20(17-2-4-18(24)5-3-17)21(29)19-6-10-25-22(28-19)26-14-16-7-12-30-13-8-16/h2-6,10,15-16H,1,7-9,11-14H2,(H,25,26,28). The van der Waals surface area contributed by atoms with Crippen molar-refractivity contribution >= 4 is 5.95 Å². The monoisotopic (exact) mass is 413 g/mol. The van der Waals surface area contributed by atoms with E-state index in [4.69, 9.17) is 4.74 Å². The van der Waals surface area contributed by atoms with Gasteiger partial charge in [-0.1, -0.05) is 0 Å². The smallest absolute Gasteiger partial charge is 0.223 e. The third-order valence-corrected chi connectivity index (χ3v) is 5.28. The molecule has 1 aromatic carbocycles. The first kappa shape index (κ1) is 20.4. The van der Waals surface area contributed by atoms with Crippen LogP contribution in [-0.2, 0) is 11.3 Å². The Balaban J connectivity index is 1.62. The second kappa shape index (κ2) is 9.75. The van der Waals surface area contributed by atoms with Crippen LogP contribution in [0.3, 0.4) is 0 Å². The van der Waals surface area contributed by atoms with E-state index in [0.29, 0.717) is 36.2 Å². The number of imidazole rings is 1. The fourth-order valence-corrected chi connectivity index (χ4v) is 3.63. The van der Waals surface area contributed by atoms with Crippen molar-refractivity contribution in [2.75, 3.05) is 31.7 Å². The zero-order valence-corrected chi connectivity index (χ0v) is 16.7. The average molecular weight is 413 g/mol. The van der Waals surface area contributed by atoms with E-state index in [0.717, 1.165) is 43.9 Å². The molecular weight excluding hydrogens is 388 g/mol. The number of aryl methyl sites for hydroxylation is 1. The number of alkyl halides is 1. The zero-order valence-electron chi connectivity index (χ0n) is 16.7. The molecule has 30 heavy (non-hydrogen) atoms. The molecule has 1 aliphatic heterocycles. The number of benzene rings is 1. The maximum Gasteiger partial charge on any atom is 0.223 e. The molecule has 0 radical (unpaired) electrons. The molecule has 0 saturated carbocycles. The molecule has 4 rings (SSSR count). The Morgan fingerprint density at radius 3 is 2.67 bits per heavy atom. The first-order valence-corrected chi connectivity index (χ1v) is 10.3. The van der Waals surface area contributed by atoms with Crippen molar-refractivity contribution in [3.05, 3.63) is 48.7 Å². The number of anilines is 1. The zero-order chi connectivity index (χ0) is 20.8. The van der Waals surface area contributed by atoms with Gasteiger partial charge < -0.3 is 14.6 Å². The highest BCUT2D eigenvalue weighted by Gasteiger charge is 2.18. The van der Waals surface area contributed by atoms with Crippen molar-refractivity contribution in [2.24, 2.45) is 5.92 Å². The molecule has 0 aliphatic carbocycles. The highest BCUT2D eigenvalue weighted by molar-refractivity contribution is 5.77. The molecule has 1 aliphatic rings. The largest absolute Gasteiger partial charge is 0.381 e. The van der Waals surface area contributed by atoms with Crippen LogP contribution in [-0.4, -0.2) is 46.0 Å². The number of halogens is 2. The number of hydrogen-bond acceptors (Lipinski definition) is 5. The predicted molar refractivity (Wildman–Crippen MR) is 111 cm³/mol. The Morgan fingerprint density at radius 2 is 1.90 bits per heavy atom. The molecule has 0 amide bonds. The SMILES string of the molecule is FCCCn1cnc(-c2ccc(F)cc2)c1-c1ccnc(NCC2CCOCC2)n1. The maximum absolute atomic E-state index is 13.4. The number of ether oxygens (including phenoxy) is 1. The lowest BCUT2D eigenvalue weighted by atomic mass is 10.0. The van der Waals surface area contributed by atoms with E-state index in [9.17, 15) is 8.78 Å². The minimum atomic E-state index is -0.412. The second-order valence-electron chi connectivity index (χ2n) is 7.39. The quantitative estimate of drug-likeness (QED) is 0.595. The molecule has 3 heterocycles. The third kappa shape index (κ3) is 4.81. The molecular formula is C22H25F2N5O. The van der Waals surface area contributed by atoms with Crippen LogP contribution in [0.25, 0.3) is 22.6 Å². The van der Waals surface area contributed by atoms with Crippen LogP contribution < -0.4 is 5.32 Å². The summed E-state index contributed by atoms with van der Waals surface area (Å²) in [5.74, 6) is 0.775. The lowest BCUT2D eigenvalue weighted by Gasteiger charge is -2.22. The van der Waals surface area contributed by atoms with Crippen molar-refractivity contribution in [3.8, 4) is 22.6 Å². The van der Waals surface area contributed by atoms with E-state index in [1.165, 1.54) is 12.1 Å². The lowest BCUT2D eigenvalue weighted by Crippen LogP contribution is -2.23. The van der Waals surface area contributed by atoms with Gasteiger partial charge in [0, 0.05) is 38.1 Å². The van der Waals surface area contributed by atoms with E-state index in [1.807, 2.05) is 10.6 Å². The van der Waals surface area contributed by atoms with Crippen molar-refractivity contribution in [3.63, 3.8) is 0 Å². The molecule has 8 heteroatoms. The van der Waals surface area contributed by atoms with E-state index in [2.05, 4.69) is 20.3 Å². The van der Waals surface area contributed by atoms with Gasteiger partial charge in [-0.2, -0.15) is 0 Å². The van der Waals surface area contributed by atoms with Gasteiger partial charge in [0.1, 0.15) is 5.82 Å². The Hall–Kier alpha value is -2.87. The van der Waals surface area contributed by atoms with Crippen LogP contribution in [0.1, 0.15) is 19.3 Å². The van der Waals surface area contributed by atoms with E-state index < -0.39 is 6.67 Å². The van der Waals surface area contributed by atoms with Crippen molar-refractivity contribution in [1.29, 1.82) is 0 Å². The summed E-state index contributed by atoms with van der Waals surface area (Å²) in [4.78, 5) is 13.6. The molecule has 1 saturated heterocycles. The second-order valence-corrected chi connectivity index (χ2v) is 7.39. The maximum atomic E-state index is 13.4. The van der Waals surface area contributed by atoms with Gasteiger partial charge in [0.05, 0.1) is 30.1 Å². The number of rotatable bonds is 8. The van der Waals surface area contributed by atoms with Gasteiger partial charge in [0.2, 0.25) is 5.95 Å². The summed E-state index contributed by atoms with van der Waals surface area (Å²) in [5.41, 5.74) is 2.92. The molecule has 158 valence electrons. The van der Waals surface area contributed by atoms with Gasteiger partial charge in [0.15, 0.2) is 0 Å². The fraction of sp³-hybridized carbons (Fsp3) is 0.409. The summed E-state index contributed by atoms with van der Waals surface area (Å²) in [6.45, 7) is 2.45. The topological polar surface area (TPSA) is 64.9 Å². The molecule has 6 nitrogen and oxygen atoms in total. The Bertz CT molecular complexity index is 954. The molecule has 0 atom stereocenters. The van der Waals surface area contributed by atoms with Crippen LogP contribution >= 0.6 is 0 Å². The van der Waals surface area contributed by atoms with Gasteiger partial charge in [-0.15, -0.1) is 0 Å². The number of nitrogens with zero attached hydrogens (tertiary/aromatic N) is 4. The molecule has 1 N–H and O–H groups in total. The molecule has 2 aromatic heterocycles. The number of aromatic nitrogens is 4. The fourth-order valence-electron chi connectivity index (χ4n) is 3.63. The highest BCUT2D eigenvalue weighted by Crippen LogP contribution is 2.31. The minimum Gasteiger partial charge on any atom is -0.381 e. The van der Waals surface area contributed by atoms with Crippen molar-refractivity contribution < 1.29 is 13.5 Å². The molecule has 1 fully saturated rings. The van der Waals surface area contributed by atoms with Crippen molar-refractivity contribution in [2.45, 2.75) is 25.8 Å². The summed E-state index contributed by atoms with van der Waals surface area (Å²) in [7, 11) is 0. The van der Waals surface area contributed by atoms with Crippen LogP contribution in [0.2, 0.25) is 0 Å². The van der Waals surface area contributed by atoms with Crippen LogP contribution in [0, 0.1) is 11.7 Å². The highest BCUT2D eigenvalue weighted by atomic mass is 19.1. The van der Waals surface area contributed by atoms with Gasteiger partial charge in [-0.3, -0.25) is 4.39 Å². The molecule has 0 unspecified atom stereocenters. The Labute approximate surface area is 174 Å². The molecule has 3 aromatic rings. The molecule has 0 spiro atoms. The van der Waals surface area contributed by atoms with Gasteiger partial charge >= 0.3 is 0 Å². The van der Waals surface area contributed by atoms with Crippen LogP contribution in [0.15, 0.2) is 42.9 Å². The summed E-state index contributed by atoms with van der Waals surface area (Å²) < 4.78 is 33.5. The van der Waals surface area contributed by atoms with E-state index in [1.54, 1.807) is 24.7 Å². The first-order chi connectivity index (χ1) is 14.7. The Morgan fingerprint density at radius 1 is 1.10 bits per heavy atom. The van der Waals surface area contributed by atoms with Gasteiger partial charge in [-0.25, -0.2) is 19.3 Å². The van der Waals surface area contributed by atoms with E-state index in [-0.39, 0.29) is 5.82 Å². The normalized spacial score (nSPS) is 14.7. The van der Waals surface area contributed by atoms with Gasteiger partial charge in [0.25, 0.3) is 0 Å². The summed E-state index contributed by atoms with van der Waals surface area (Å²) in [6, 6.07) is 8.00. The predicted octanol–water partition coefficient (Wildman–Crippen LogP) is 4.34. The first-order valence-electron chi connectivity index (χ1n) is 10.3. The third-order valence-electron chi connectivity index (χ3n) is 5.28. The minimum absolute atomic E-state index is 0.307. The van der Waals surface area contributed by atoms with Gasteiger partial charge in [-0.05, 0) is 55.5 Å². The molecule has 0 bridgehead atoms. The Kier molecular flexibility index (Phi) is 6.63. The summed E-state index contributed by atoms with van der Waals surface area (Å²) in [6.07, 6.45) is 5.82. The van der Waals surface area contributed by atoms with Crippen LogP contribution in [0.5, 0.6) is 0 Å². The summed E-state index contributed by atoms with van der Waals surface area (Å²) >= 11 is 0. The van der Waals surface area contributed by atoms with Crippen molar-refractivity contribution in [1.82, 2.24) is 19.5 Å². The summed E-state index contributed by atoms with van der Waals surface area (Å²) in [5, 5.41) is 3.33. The average Bonchev–Trinajstić information content (AvgIpc) is 3.21. The number of hydrogen-bond donors (Lipinski definition) is 1. The van der Waals surface area contributed by atoms with Crippen LogP contribution in [0.4, 0.5) is 14.7 Å². The van der Waals surface area contributed by atoms with E-state index >= 15 is 0 Å². The lowest BCUT2D eigenvalue weighted by molar-refractivity contribution is 0.0699.